The molecule has 0 aliphatic carbocycles. The molecule has 22 heavy (non-hydrogen) atoms. The number of hydrogen-bond donors (Lipinski definition) is 1. The highest BCUT2D eigenvalue weighted by Crippen LogP contribution is 2.21. The fourth-order valence-corrected chi connectivity index (χ4v) is 2.25. The zero-order valence-electron chi connectivity index (χ0n) is 15.0. The van der Waals surface area contributed by atoms with Crippen molar-refractivity contribution in [3.05, 3.63) is 29.6 Å². The summed E-state index contributed by atoms with van der Waals surface area (Å²) < 4.78 is 1.95. The van der Waals surface area contributed by atoms with Gasteiger partial charge in [-0.15, -0.1) is 0 Å². The van der Waals surface area contributed by atoms with Crippen LogP contribution in [0.4, 0.5) is 4.79 Å². The molecule has 124 valence electrons. The van der Waals surface area contributed by atoms with Gasteiger partial charge in [-0.05, 0) is 48.5 Å². The Hall–Kier alpha value is -1.78. The van der Waals surface area contributed by atoms with E-state index in [0.717, 1.165) is 16.8 Å². The van der Waals surface area contributed by atoms with Crippen molar-refractivity contribution in [2.45, 2.75) is 60.0 Å². The van der Waals surface area contributed by atoms with Crippen molar-refractivity contribution in [1.29, 1.82) is 0 Å². The molecule has 1 heterocycles. The van der Waals surface area contributed by atoms with E-state index in [-0.39, 0.29) is 17.6 Å². The zero-order valence-corrected chi connectivity index (χ0v) is 15.0. The van der Waals surface area contributed by atoms with Gasteiger partial charge in [-0.25, -0.2) is 4.79 Å². The fourth-order valence-electron chi connectivity index (χ4n) is 2.25. The van der Waals surface area contributed by atoms with E-state index in [9.17, 15) is 4.79 Å². The summed E-state index contributed by atoms with van der Waals surface area (Å²) >= 11 is 0. The standard InChI is InChI=1S/C17H30N4O/c1-9-20(10-12(2)3)16(22)18-13(4)15-11-21(17(6,7)8)19-14(15)5/h11,13H,2,9-10H2,1,3-8H3,(H,18,22)/t13-/m1/s1. The lowest BCUT2D eigenvalue weighted by Gasteiger charge is -2.24. The number of amides is 2. The second-order valence-electron chi connectivity index (χ2n) is 6.93. The number of aromatic nitrogens is 2. The lowest BCUT2D eigenvalue weighted by molar-refractivity contribution is 0.201. The monoisotopic (exact) mass is 306 g/mol. The lowest BCUT2D eigenvalue weighted by Crippen LogP contribution is -2.41. The van der Waals surface area contributed by atoms with E-state index in [1.165, 1.54) is 0 Å². The van der Waals surface area contributed by atoms with E-state index in [0.29, 0.717) is 13.1 Å². The van der Waals surface area contributed by atoms with E-state index in [4.69, 9.17) is 0 Å². The van der Waals surface area contributed by atoms with E-state index in [1.807, 2.05) is 38.6 Å². The van der Waals surface area contributed by atoms with Crippen molar-refractivity contribution in [3.8, 4) is 0 Å². The van der Waals surface area contributed by atoms with Gasteiger partial charge in [0.25, 0.3) is 0 Å². The Morgan fingerprint density at radius 1 is 1.50 bits per heavy atom. The number of aryl methyl sites for hydroxylation is 1. The molecule has 0 spiro atoms. The predicted molar refractivity (Wildman–Crippen MR) is 91.0 cm³/mol. The van der Waals surface area contributed by atoms with E-state index >= 15 is 0 Å². The molecule has 0 bridgehead atoms. The van der Waals surface area contributed by atoms with Crippen molar-refractivity contribution < 1.29 is 4.79 Å². The van der Waals surface area contributed by atoms with Gasteiger partial charge >= 0.3 is 6.03 Å². The molecule has 1 aromatic rings. The highest BCUT2D eigenvalue weighted by Gasteiger charge is 2.21. The van der Waals surface area contributed by atoms with Crippen molar-refractivity contribution in [1.82, 2.24) is 20.0 Å². The maximum atomic E-state index is 12.4. The molecule has 5 nitrogen and oxygen atoms in total. The molecule has 0 saturated carbocycles. The maximum Gasteiger partial charge on any atom is 0.318 e. The number of nitrogens with zero attached hydrogens (tertiary/aromatic N) is 3. The molecule has 0 saturated heterocycles. The number of likely N-dealkylation sites (N-methyl/N-ethyl adjacent to an activating group) is 1. The summed E-state index contributed by atoms with van der Waals surface area (Å²) in [7, 11) is 0. The van der Waals surface area contributed by atoms with Crippen LogP contribution in [0.5, 0.6) is 0 Å². The topological polar surface area (TPSA) is 50.2 Å². The van der Waals surface area contributed by atoms with Gasteiger partial charge in [0.05, 0.1) is 17.3 Å². The van der Waals surface area contributed by atoms with Crippen LogP contribution in [-0.2, 0) is 5.54 Å². The van der Waals surface area contributed by atoms with Crippen LogP contribution in [0.25, 0.3) is 0 Å². The maximum absolute atomic E-state index is 12.4. The quantitative estimate of drug-likeness (QED) is 0.845. The average molecular weight is 306 g/mol. The third-order valence-corrected chi connectivity index (χ3v) is 3.56. The molecule has 1 aromatic heterocycles. The molecule has 0 aliphatic rings. The van der Waals surface area contributed by atoms with Crippen molar-refractivity contribution in [3.63, 3.8) is 0 Å². The van der Waals surface area contributed by atoms with Gasteiger partial charge in [0.2, 0.25) is 0 Å². The number of hydrogen-bond acceptors (Lipinski definition) is 2. The van der Waals surface area contributed by atoms with Crippen LogP contribution in [0.2, 0.25) is 0 Å². The number of carbonyl (C=O) groups is 1. The molecule has 0 aliphatic heterocycles. The number of nitrogens with one attached hydrogen (secondary N) is 1. The first-order chi connectivity index (χ1) is 10.1. The van der Waals surface area contributed by atoms with Crippen LogP contribution in [0.3, 0.4) is 0 Å². The van der Waals surface area contributed by atoms with Crippen molar-refractivity contribution in [2.75, 3.05) is 13.1 Å². The Balaban J connectivity index is 2.84. The lowest BCUT2D eigenvalue weighted by atomic mass is 10.1. The van der Waals surface area contributed by atoms with Crippen LogP contribution >= 0.6 is 0 Å². The molecular weight excluding hydrogens is 276 g/mol. The summed E-state index contributed by atoms with van der Waals surface area (Å²) in [6.45, 7) is 19.3. The zero-order chi connectivity index (χ0) is 17.1. The molecule has 0 radical (unpaired) electrons. The number of carbonyl (C=O) groups excluding carboxylic acids is 1. The summed E-state index contributed by atoms with van der Waals surface area (Å²) in [6, 6.07) is -0.149. The first-order valence-electron chi connectivity index (χ1n) is 7.82. The van der Waals surface area contributed by atoms with Crippen LogP contribution in [0.1, 0.15) is 58.8 Å². The first kappa shape index (κ1) is 18.3. The van der Waals surface area contributed by atoms with Gasteiger partial charge in [0.1, 0.15) is 0 Å². The van der Waals surface area contributed by atoms with E-state index < -0.39 is 0 Å². The fraction of sp³-hybridized carbons (Fsp3) is 0.647. The highest BCUT2D eigenvalue weighted by atomic mass is 16.2. The molecule has 5 heteroatoms. The normalized spacial score (nSPS) is 12.9. The van der Waals surface area contributed by atoms with E-state index in [1.54, 1.807) is 4.90 Å². The smallest absolute Gasteiger partial charge is 0.318 e. The molecule has 1 N–H and O–H groups in total. The first-order valence-corrected chi connectivity index (χ1v) is 7.82. The van der Waals surface area contributed by atoms with E-state index in [2.05, 4.69) is 37.8 Å². The van der Waals surface area contributed by atoms with Gasteiger partial charge in [0.15, 0.2) is 0 Å². The van der Waals surface area contributed by atoms with Gasteiger partial charge in [-0.3, -0.25) is 4.68 Å². The van der Waals surface area contributed by atoms with Gasteiger partial charge < -0.3 is 10.2 Å². The minimum absolute atomic E-state index is 0.0673. The summed E-state index contributed by atoms with van der Waals surface area (Å²) in [5, 5.41) is 7.61. The summed E-state index contributed by atoms with van der Waals surface area (Å²) in [5.74, 6) is 0. The van der Waals surface area contributed by atoms with Crippen LogP contribution in [0, 0.1) is 6.92 Å². The Morgan fingerprint density at radius 2 is 2.09 bits per heavy atom. The minimum atomic E-state index is -0.0808. The van der Waals surface area contributed by atoms with Crippen molar-refractivity contribution in [2.24, 2.45) is 0 Å². The summed E-state index contributed by atoms with van der Waals surface area (Å²) in [6.07, 6.45) is 2.02. The minimum Gasteiger partial charge on any atom is -0.331 e. The summed E-state index contributed by atoms with van der Waals surface area (Å²) in [4.78, 5) is 14.1. The largest absolute Gasteiger partial charge is 0.331 e. The Kier molecular flexibility index (Phi) is 5.80. The van der Waals surface area contributed by atoms with Crippen molar-refractivity contribution >= 4 is 6.03 Å². The molecule has 0 fully saturated rings. The Labute approximate surface area is 134 Å². The Morgan fingerprint density at radius 3 is 2.50 bits per heavy atom. The Bertz CT molecular complexity index is 539. The predicted octanol–water partition coefficient (Wildman–Crippen LogP) is 3.62. The molecule has 1 atom stereocenters. The van der Waals surface area contributed by atoms with Crippen LogP contribution < -0.4 is 5.32 Å². The van der Waals surface area contributed by atoms with Crippen LogP contribution in [0.15, 0.2) is 18.3 Å². The third-order valence-electron chi connectivity index (χ3n) is 3.56. The van der Waals surface area contributed by atoms with Crippen LogP contribution in [-0.4, -0.2) is 33.8 Å². The highest BCUT2D eigenvalue weighted by molar-refractivity contribution is 5.75. The second-order valence-corrected chi connectivity index (χ2v) is 6.93. The van der Waals surface area contributed by atoms with Gasteiger partial charge in [0, 0.05) is 24.8 Å². The molecule has 2 amide bonds. The molecular formula is C17H30N4O. The number of urea groups is 1. The average Bonchev–Trinajstić information content (AvgIpc) is 2.77. The SMILES string of the molecule is C=C(C)CN(CC)C(=O)N[C@H](C)c1cn(C(C)(C)C)nc1C. The molecule has 0 aromatic carbocycles. The third kappa shape index (κ3) is 4.61. The van der Waals surface area contributed by atoms with Gasteiger partial charge in [-0.1, -0.05) is 12.2 Å². The second kappa shape index (κ2) is 6.99. The number of rotatable bonds is 5. The molecule has 0 unspecified atom stereocenters. The summed E-state index contributed by atoms with van der Waals surface area (Å²) in [5.41, 5.74) is 2.91. The van der Waals surface area contributed by atoms with Gasteiger partial charge in [-0.2, -0.15) is 5.10 Å². The molecule has 1 rings (SSSR count).